The quantitative estimate of drug-likeness (QED) is 0.926. The molecule has 1 fully saturated rings. The highest BCUT2D eigenvalue weighted by Gasteiger charge is 2.15. The van der Waals surface area contributed by atoms with Gasteiger partial charge in [0.2, 0.25) is 0 Å². The molecule has 3 heteroatoms. The van der Waals surface area contributed by atoms with Gasteiger partial charge in [0.1, 0.15) is 0 Å². The molecule has 0 aromatic heterocycles. The fourth-order valence-electron chi connectivity index (χ4n) is 2.65. The monoisotopic (exact) mass is 269 g/mol. The Bertz CT molecular complexity index is 603. The summed E-state index contributed by atoms with van der Waals surface area (Å²) in [6.45, 7) is 1.54. The molecule has 1 atom stereocenters. The standard InChI is InChI=1S/C17H19NO2/c19-17(18-10-9-16-6-3-11-20-16)15-8-7-13-4-1-2-5-14(13)12-15/h1-2,4-5,7-8,12,16H,3,6,9-11H2,(H,18,19). The Balaban J connectivity index is 1.60. The van der Waals surface area contributed by atoms with Gasteiger partial charge < -0.3 is 10.1 Å². The van der Waals surface area contributed by atoms with Crippen LogP contribution in [0, 0.1) is 0 Å². The molecule has 1 amide bonds. The number of benzene rings is 2. The van der Waals surface area contributed by atoms with Crippen LogP contribution in [0.4, 0.5) is 0 Å². The van der Waals surface area contributed by atoms with Crippen LogP contribution in [0.5, 0.6) is 0 Å². The second-order valence-electron chi connectivity index (χ2n) is 5.24. The number of rotatable bonds is 4. The molecule has 0 bridgehead atoms. The van der Waals surface area contributed by atoms with E-state index >= 15 is 0 Å². The van der Waals surface area contributed by atoms with E-state index in [1.165, 1.54) is 0 Å². The summed E-state index contributed by atoms with van der Waals surface area (Å²) in [5.41, 5.74) is 0.719. The predicted octanol–water partition coefficient (Wildman–Crippen LogP) is 3.14. The molecule has 104 valence electrons. The van der Waals surface area contributed by atoms with Crippen molar-refractivity contribution in [3.8, 4) is 0 Å². The smallest absolute Gasteiger partial charge is 0.251 e. The Morgan fingerprint density at radius 2 is 2.05 bits per heavy atom. The van der Waals surface area contributed by atoms with Gasteiger partial charge in [-0.3, -0.25) is 4.79 Å². The molecule has 1 N–H and O–H groups in total. The molecule has 1 aliphatic heterocycles. The number of hydrogen-bond donors (Lipinski definition) is 1. The van der Waals surface area contributed by atoms with E-state index in [2.05, 4.69) is 11.4 Å². The molecule has 1 unspecified atom stereocenters. The van der Waals surface area contributed by atoms with Crippen molar-refractivity contribution >= 4 is 16.7 Å². The molecule has 3 rings (SSSR count). The van der Waals surface area contributed by atoms with E-state index in [1.54, 1.807) is 0 Å². The van der Waals surface area contributed by atoms with Crippen molar-refractivity contribution in [3.63, 3.8) is 0 Å². The molecule has 2 aromatic rings. The number of ether oxygens (including phenoxy) is 1. The van der Waals surface area contributed by atoms with E-state index in [0.717, 1.165) is 42.2 Å². The molecule has 1 heterocycles. The Morgan fingerprint density at radius 3 is 2.85 bits per heavy atom. The summed E-state index contributed by atoms with van der Waals surface area (Å²) < 4.78 is 5.55. The highest BCUT2D eigenvalue weighted by Crippen LogP contribution is 2.16. The maximum Gasteiger partial charge on any atom is 0.251 e. The number of fused-ring (bicyclic) bond motifs is 1. The Labute approximate surface area is 118 Å². The SMILES string of the molecule is O=C(NCCC1CCCO1)c1ccc2ccccc2c1. The van der Waals surface area contributed by atoms with Crippen LogP contribution in [0.2, 0.25) is 0 Å². The third-order valence-corrected chi connectivity index (χ3v) is 3.79. The summed E-state index contributed by atoms with van der Waals surface area (Å²) >= 11 is 0. The number of hydrogen-bond acceptors (Lipinski definition) is 2. The lowest BCUT2D eigenvalue weighted by Crippen LogP contribution is -2.26. The van der Waals surface area contributed by atoms with Crippen molar-refractivity contribution in [2.75, 3.05) is 13.2 Å². The first-order chi connectivity index (χ1) is 9.83. The number of carbonyl (C=O) groups excluding carboxylic acids is 1. The number of nitrogens with one attached hydrogen (secondary N) is 1. The van der Waals surface area contributed by atoms with Crippen LogP contribution in [-0.2, 0) is 4.74 Å². The highest BCUT2D eigenvalue weighted by atomic mass is 16.5. The van der Waals surface area contributed by atoms with Gasteiger partial charge in [0.25, 0.3) is 5.91 Å². The molecule has 0 saturated carbocycles. The van der Waals surface area contributed by atoms with E-state index in [-0.39, 0.29) is 5.91 Å². The van der Waals surface area contributed by atoms with E-state index in [4.69, 9.17) is 4.74 Å². The van der Waals surface area contributed by atoms with Gasteiger partial charge in [0, 0.05) is 18.7 Å². The van der Waals surface area contributed by atoms with Gasteiger partial charge in [0.05, 0.1) is 6.10 Å². The lowest BCUT2D eigenvalue weighted by molar-refractivity contribution is 0.0907. The van der Waals surface area contributed by atoms with Crippen LogP contribution < -0.4 is 5.32 Å². The summed E-state index contributed by atoms with van der Waals surface area (Å²) in [5.74, 6) is -0.00579. The minimum atomic E-state index is -0.00579. The maximum absolute atomic E-state index is 12.1. The summed E-state index contributed by atoms with van der Waals surface area (Å²) in [4.78, 5) is 12.1. The van der Waals surface area contributed by atoms with Gasteiger partial charge in [-0.05, 0) is 42.2 Å². The van der Waals surface area contributed by atoms with Gasteiger partial charge in [-0.1, -0.05) is 30.3 Å². The van der Waals surface area contributed by atoms with Crippen LogP contribution in [-0.4, -0.2) is 25.2 Å². The summed E-state index contributed by atoms with van der Waals surface area (Å²) in [6, 6.07) is 13.9. The Hall–Kier alpha value is -1.87. The minimum absolute atomic E-state index is 0.00579. The van der Waals surface area contributed by atoms with Crippen LogP contribution in [0.3, 0.4) is 0 Å². The minimum Gasteiger partial charge on any atom is -0.378 e. The third-order valence-electron chi connectivity index (χ3n) is 3.79. The van der Waals surface area contributed by atoms with Crippen LogP contribution in [0.25, 0.3) is 10.8 Å². The molecule has 0 aliphatic carbocycles. The fourth-order valence-corrected chi connectivity index (χ4v) is 2.65. The van der Waals surface area contributed by atoms with Gasteiger partial charge in [-0.15, -0.1) is 0 Å². The zero-order valence-electron chi connectivity index (χ0n) is 11.5. The van der Waals surface area contributed by atoms with E-state index < -0.39 is 0 Å². The number of amides is 1. The zero-order valence-corrected chi connectivity index (χ0v) is 11.5. The average molecular weight is 269 g/mol. The van der Waals surface area contributed by atoms with E-state index in [0.29, 0.717) is 12.6 Å². The zero-order chi connectivity index (χ0) is 13.8. The fraction of sp³-hybridized carbons (Fsp3) is 0.353. The lowest BCUT2D eigenvalue weighted by atomic mass is 10.1. The third kappa shape index (κ3) is 2.99. The molecule has 0 radical (unpaired) electrons. The van der Waals surface area contributed by atoms with Gasteiger partial charge in [0.15, 0.2) is 0 Å². The number of carbonyl (C=O) groups is 1. The molecule has 1 aliphatic rings. The van der Waals surface area contributed by atoms with E-state index in [1.807, 2.05) is 36.4 Å². The normalized spacial score (nSPS) is 18.3. The first kappa shape index (κ1) is 13.1. The molecule has 3 nitrogen and oxygen atoms in total. The van der Waals surface area contributed by atoms with Crippen molar-refractivity contribution < 1.29 is 9.53 Å². The first-order valence-corrected chi connectivity index (χ1v) is 7.21. The first-order valence-electron chi connectivity index (χ1n) is 7.21. The summed E-state index contributed by atoms with van der Waals surface area (Å²) in [5, 5.41) is 5.22. The van der Waals surface area contributed by atoms with Crippen molar-refractivity contribution in [3.05, 3.63) is 48.0 Å². The van der Waals surface area contributed by atoms with Crippen LogP contribution in [0.1, 0.15) is 29.6 Å². The molecule has 0 spiro atoms. The van der Waals surface area contributed by atoms with Crippen molar-refractivity contribution in [1.29, 1.82) is 0 Å². The molecule has 2 aromatic carbocycles. The lowest BCUT2D eigenvalue weighted by Gasteiger charge is -2.10. The Kier molecular flexibility index (Phi) is 3.97. The van der Waals surface area contributed by atoms with Gasteiger partial charge >= 0.3 is 0 Å². The maximum atomic E-state index is 12.1. The largest absolute Gasteiger partial charge is 0.378 e. The average Bonchev–Trinajstić information content (AvgIpc) is 3.00. The second kappa shape index (κ2) is 6.06. The molecule has 20 heavy (non-hydrogen) atoms. The summed E-state index contributed by atoms with van der Waals surface area (Å²) in [7, 11) is 0. The Morgan fingerprint density at radius 1 is 1.20 bits per heavy atom. The van der Waals surface area contributed by atoms with Crippen molar-refractivity contribution in [2.24, 2.45) is 0 Å². The van der Waals surface area contributed by atoms with E-state index in [9.17, 15) is 4.79 Å². The summed E-state index contributed by atoms with van der Waals surface area (Å²) in [6.07, 6.45) is 3.49. The molecular formula is C17H19NO2. The van der Waals surface area contributed by atoms with Crippen LogP contribution >= 0.6 is 0 Å². The molecular weight excluding hydrogens is 250 g/mol. The predicted molar refractivity (Wildman–Crippen MR) is 79.9 cm³/mol. The van der Waals surface area contributed by atoms with Crippen molar-refractivity contribution in [2.45, 2.75) is 25.4 Å². The van der Waals surface area contributed by atoms with Gasteiger partial charge in [-0.2, -0.15) is 0 Å². The topological polar surface area (TPSA) is 38.3 Å². The van der Waals surface area contributed by atoms with Gasteiger partial charge in [-0.25, -0.2) is 0 Å². The second-order valence-corrected chi connectivity index (χ2v) is 5.24. The molecule has 1 saturated heterocycles. The van der Waals surface area contributed by atoms with Crippen LogP contribution in [0.15, 0.2) is 42.5 Å². The van der Waals surface area contributed by atoms with Crippen molar-refractivity contribution in [1.82, 2.24) is 5.32 Å². The highest BCUT2D eigenvalue weighted by molar-refractivity contribution is 5.98.